The number of benzene rings is 1. The molecule has 0 saturated heterocycles. The van der Waals surface area contributed by atoms with E-state index in [1.165, 1.54) is 31.2 Å². The molecule has 0 unspecified atom stereocenters. The van der Waals surface area contributed by atoms with Gasteiger partial charge in [-0.1, -0.05) is 11.8 Å². The number of hydrogen-bond donors (Lipinski definition) is 1. The second-order valence-corrected chi connectivity index (χ2v) is 6.56. The number of carbonyl (C=O) groups is 2. The van der Waals surface area contributed by atoms with Gasteiger partial charge in [-0.3, -0.25) is 14.3 Å². The number of ketones is 1. The van der Waals surface area contributed by atoms with Gasteiger partial charge in [0, 0.05) is 18.2 Å². The Morgan fingerprint density at radius 1 is 1.22 bits per heavy atom. The molecule has 0 aliphatic carbocycles. The van der Waals surface area contributed by atoms with Crippen molar-refractivity contribution >= 4 is 38.4 Å². The van der Waals surface area contributed by atoms with E-state index in [1.807, 2.05) is 0 Å². The molecule has 0 spiro atoms. The highest BCUT2D eigenvalue weighted by Gasteiger charge is 2.08. The van der Waals surface area contributed by atoms with E-state index in [0.717, 1.165) is 18.0 Å². The summed E-state index contributed by atoms with van der Waals surface area (Å²) in [5, 5.41) is -0.112. The molecule has 5 nitrogen and oxygen atoms in total. The largest absolute Gasteiger partial charge is 0.293 e. The van der Waals surface area contributed by atoms with Crippen molar-refractivity contribution in [3.63, 3.8) is 0 Å². The SMILES string of the molecule is CC(=O)SCC(=O)c1ccc(NS(C)(=O)=O)cc1. The second-order valence-electron chi connectivity index (χ2n) is 3.66. The van der Waals surface area contributed by atoms with Crippen LogP contribution in [0.25, 0.3) is 0 Å². The minimum Gasteiger partial charge on any atom is -0.293 e. The van der Waals surface area contributed by atoms with Crippen molar-refractivity contribution < 1.29 is 18.0 Å². The molecule has 0 bridgehead atoms. The van der Waals surface area contributed by atoms with E-state index in [-0.39, 0.29) is 16.7 Å². The highest BCUT2D eigenvalue weighted by Crippen LogP contribution is 2.13. The summed E-state index contributed by atoms with van der Waals surface area (Å²) >= 11 is 0.948. The molecule has 98 valence electrons. The smallest absolute Gasteiger partial charge is 0.229 e. The fraction of sp³-hybridized carbons (Fsp3) is 0.273. The molecule has 1 N–H and O–H groups in total. The topological polar surface area (TPSA) is 80.3 Å². The number of sulfonamides is 1. The number of carbonyl (C=O) groups excluding carboxylic acids is 2. The van der Waals surface area contributed by atoms with Gasteiger partial charge < -0.3 is 0 Å². The molecule has 1 rings (SSSR count). The maximum absolute atomic E-state index is 11.6. The van der Waals surface area contributed by atoms with Crippen LogP contribution < -0.4 is 4.72 Å². The van der Waals surface area contributed by atoms with Crippen molar-refractivity contribution in [1.29, 1.82) is 0 Å². The Labute approximate surface area is 110 Å². The van der Waals surface area contributed by atoms with Gasteiger partial charge in [0.2, 0.25) is 10.0 Å². The van der Waals surface area contributed by atoms with Crippen LogP contribution in [0.2, 0.25) is 0 Å². The summed E-state index contributed by atoms with van der Waals surface area (Å²) in [6.45, 7) is 1.40. The first-order valence-electron chi connectivity index (χ1n) is 5.02. The van der Waals surface area contributed by atoms with Crippen molar-refractivity contribution in [3.05, 3.63) is 29.8 Å². The number of hydrogen-bond acceptors (Lipinski definition) is 5. The Morgan fingerprint density at radius 3 is 2.22 bits per heavy atom. The molecule has 0 heterocycles. The van der Waals surface area contributed by atoms with E-state index in [1.54, 1.807) is 0 Å². The summed E-state index contributed by atoms with van der Waals surface area (Å²) < 4.78 is 24.3. The van der Waals surface area contributed by atoms with Gasteiger partial charge in [0.05, 0.1) is 12.0 Å². The lowest BCUT2D eigenvalue weighted by atomic mass is 10.1. The fourth-order valence-corrected chi connectivity index (χ4v) is 2.25. The van der Waals surface area contributed by atoms with Gasteiger partial charge in [-0.2, -0.15) is 0 Å². The third-order valence-electron chi connectivity index (χ3n) is 1.92. The standard InChI is InChI=1S/C11H13NO4S2/c1-8(13)17-7-11(14)9-3-5-10(6-4-9)12-18(2,15)16/h3-6,12H,7H2,1-2H3. The van der Waals surface area contributed by atoms with Gasteiger partial charge in [0.15, 0.2) is 10.9 Å². The first kappa shape index (κ1) is 14.7. The van der Waals surface area contributed by atoms with Crippen LogP contribution >= 0.6 is 11.8 Å². The molecular formula is C11H13NO4S2. The van der Waals surface area contributed by atoms with E-state index in [9.17, 15) is 18.0 Å². The molecule has 0 saturated carbocycles. The third kappa shape index (κ3) is 5.33. The third-order valence-corrected chi connectivity index (χ3v) is 3.34. The molecule has 0 amide bonds. The molecule has 1 aromatic carbocycles. The number of anilines is 1. The van der Waals surface area contributed by atoms with Crippen molar-refractivity contribution in [2.45, 2.75) is 6.92 Å². The molecule has 0 aliphatic heterocycles. The predicted molar refractivity (Wildman–Crippen MR) is 72.4 cm³/mol. The number of rotatable bonds is 5. The zero-order valence-electron chi connectivity index (χ0n) is 9.97. The van der Waals surface area contributed by atoms with Crippen LogP contribution in [0.4, 0.5) is 5.69 Å². The monoisotopic (exact) mass is 287 g/mol. The van der Waals surface area contributed by atoms with Crippen molar-refractivity contribution in [2.24, 2.45) is 0 Å². The summed E-state index contributed by atoms with van der Waals surface area (Å²) in [4.78, 5) is 22.4. The first-order chi connectivity index (χ1) is 8.28. The van der Waals surface area contributed by atoms with Gasteiger partial charge in [-0.15, -0.1) is 0 Å². The van der Waals surface area contributed by atoms with E-state index >= 15 is 0 Å². The Balaban J connectivity index is 2.71. The van der Waals surface area contributed by atoms with Crippen molar-refractivity contribution in [2.75, 3.05) is 16.7 Å². The zero-order valence-corrected chi connectivity index (χ0v) is 11.6. The van der Waals surface area contributed by atoms with Gasteiger partial charge in [0.25, 0.3) is 0 Å². The van der Waals surface area contributed by atoms with E-state index in [0.29, 0.717) is 11.3 Å². The van der Waals surface area contributed by atoms with Crippen LogP contribution in [0, 0.1) is 0 Å². The molecule has 7 heteroatoms. The van der Waals surface area contributed by atoms with Gasteiger partial charge in [-0.25, -0.2) is 8.42 Å². The molecule has 0 aliphatic rings. The van der Waals surface area contributed by atoms with Crippen molar-refractivity contribution in [3.8, 4) is 0 Å². The van der Waals surface area contributed by atoms with E-state index in [2.05, 4.69) is 4.72 Å². The molecule has 18 heavy (non-hydrogen) atoms. The predicted octanol–water partition coefficient (Wildman–Crippen LogP) is 1.52. The van der Waals surface area contributed by atoms with E-state index in [4.69, 9.17) is 0 Å². The van der Waals surface area contributed by atoms with Gasteiger partial charge in [-0.05, 0) is 24.3 Å². The molecule has 1 aromatic rings. The average molecular weight is 287 g/mol. The van der Waals surface area contributed by atoms with Crippen molar-refractivity contribution in [1.82, 2.24) is 0 Å². The zero-order chi connectivity index (χ0) is 13.8. The molecule has 0 aromatic heterocycles. The summed E-state index contributed by atoms with van der Waals surface area (Å²) in [5.41, 5.74) is 0.844. The summed E-state index contributed by atoms with van der Waals surface area (Å²) in [7, 11) is -3.32. The Bertz CT molecular complexity index is 549. The number of thioether (sulfide) groups is 1. The lowest BCUT2D eigenvalue weighted by molar-refractivity contribution is -0.109. The van der Waals surface area contributed by atoms with Crippen LogP contribution in [-0.2, 0) is 14.8 Å². The molecule has 0 atom stereocenters. The van der Waals surface area contributed by atoms with Gasteiger partial charge >= 0.3 is 0 Å². The Kier molecular flexibility index (Phi) is 4.92. The summed E-state index contributed by atoms with van der Waals surface area (Å²) in [5.74, 6) is -0.0742. The minimum absolute atomic E-state index is 0.0915. The lowest BCUT2D eigenvalue weighted by Crippen LogP contribution is -2.10. The molecule has 0 fully saturated rings. The fourth-order valence-electron chi connectivity index (χ4n) is 1.19. The maximum Gasteiger partial charge on any atom is 0.229 e. The highest BCUT2D eigenvalue weighted by atomic mass is 32.2. The second kappa shape index (κ2) is 6.01. The van der Waals surface area contributed by atoms with Gasteiger partial charge in [0.1, 0.15) is 0 Å². The summed E-state index contributed by atoms with van der Waals surface area (Å²) in [6, 6.07) is 6.06. The van der Waals surface area contributed by atoms with Crippen LogP contribution in [0.5, 0.6) is 0 Å². The first-order valence-corrected chi connectivity index (χ1v) is 7.90. The number of nitrogens with one attached hydrogen (secondary N) is 1. The Hall–Kier alpha value is -1.34. The molecule has 0 radical (unpaired) electrons. The summed E-state index contributed by atoms with van der Waals surface area (Å²) in [6.07, 6.45) is 1.05. The quantitative estimate of drug-likeness (QED) is 0.830. The minimum atomic E-state index is -3.32. The molecular weight excluding hydrogens is 274 g/mol. The highest BCUT2D eigenvalue weighted by molar-refractivity contribution is 8.14. The lowest BCUT2D eigenvalue weighted by Gasteiger charge is -2.04. The van der Waals surface area contributed by atoms with Crippen LogP contribution in [0.15, 0.2) is 24.3 Å². The Morgan fingerprint density at radius 2 is 1.78 bits per heavy atom. The van der Waals surface area contributed by atoms with Crippen LogP contribution in [0.1, 0.15) is 17.3 Å². The van der Waals surface area contributed by atoms with Crippen LogP contribution in [-0.4, -0.2) is 31.3 Å². The normalized spacial score (nSPS) is 11.0. The van der Waals surface area contributed by atoms with Crippen LogP contribution in [0.3, 0.4) is 0 Å². The average Bonchev–Trinajstić information content (AvgIpc) is 2.24. The maximum atomic E-state index is 11.6. The number of Topliss-reactive ketones (excluding diaryl/α,β-unsaturated/α-hetero) is 1. The van der Waals surface area contributed by atoms with E-state index < -0.39 is 10.0 Å².